The third-order valence-corrected chi connectivity index (χ3v) is 7.36. The fourth-order valence-corrected chi connectivity index (χ4v) is 5.47. The van der Waals surface area contributed by atoms with Crippen LogP contribution in [0.4, 0.5) is 5.69 Å². The van der Waals surface area contributed by atoms with Gasteiger partial charge in [-0.2, -0.15) is 9.41 Å². The molecule has 1 aromatic heterocycles. The van der Waals surface area contributed by atoms with Gasteiger partial charge in [0.1, 0.15) is 0 Å². The van der Waals surface area contributed by atoms with E-state index in [2.05, 4.69) is 26.9 Å². The van der Waals surface area contributed by atoms with Gasteiger partial charge in [0.05, 0.1) is 11.1 Å². The van der Waals surface area contributed by atoms with Crippen LogP contribution in [0.2, 0.25) is 0 Å². The summed E-state index contributed by atoms with van der Waals surface area (Å²) in [5.41, 5.74) is 7.61. The topological polar surface area (TPSA) is 89.6 Å². The van der Waals surface area contributed by atoms with Gasteiger partial charge in [-0.3, -0.25) is 5.43 Å². The van der Waals surface area contributed by atoms with Crippen molar-refractivity contribution in [1.82, 2.24) is 14.7 Å². The molecule has 0 amide bonds. The molecule has 0 unspecified atom stereocenters. The number of hydrazone groups is 1. The Morgan fingerprint density at radius 1 is 1.12 bits per heavy atom. The summed E-state index contributed by atoms with van der Waals surface area (Å²) in [6, 6.07) is 11.2. The van der Waals surface area contributed by atoms with E-state index in [4.69, 9.17) is 12.2 Å². The predicted octanol–water partition coefficient (Wildman–Crippen LogP) is 4.92. The number of aromatic nitrogens is 1. The van der Waals surface area contributed by atoms with Crippen molar-refractivity contribution in [1.29, 1.82) is 0 Å². The number of nitrogens with zero attached hydrogens (tertiary/aromatic N) is 2. The highest BCUT2D eigenvalue weighted by Gasteiger charge is 2.23. The molecular formula is C24H31N5O2S2. The van der Waals surface area contributed by atoms with Gasteiger partial charge < -0.3 is 10.3 Å². The lowest BCUT2D eigenvalue weighted by Gasteiger charge is -2.21. The summed E-state index contributed by atoms with van der Waals surface area (Å²) in [6.45, 7) is 9.03. The quantitative estimate of drug-likeness (QED) is 0.227. The number of sulfonamides is 1. The first-order chi connectivity index (χ1) is 15.8. The fourth-order valence-electron chi connectivity index (χ4n) is 3.65. The molecule has 0 saturated heterocycles. The van der Waals surface area contributed by atoms with Gasteiger partial charge in [0.2, 0.25) is 10.0 Å². The van der Waals surface area contributed by atoms with Gasteiger partial charge in [0.25, 0.3) is 0 Å². The molecule has 9 heteroatoms. The maximum Gasteiger partial charge on any atom is 0.243 e. The molecule has 0 aliphatic carbocycles. The second-order valence-electron chi connectivity index (χ2n) is 8.00. The summed E-state index contributed by atoms with van der Waals surface area (Å²) < 4.78 is 27.9. The number of H-pyrrole nitrogens is 1. The molecule has 0 radical (unpaired) electrons. The van der Waals surface area contributed by atoms with Crippen molar-refractivity contribution < 1.29 is 8.42 Å². The summed E-state index contributed by atoms with van der Waals surface area (Å²) in [6.07, 6.45) is 4.96. The zero-order valence-electron chi connectivity index (χ0n) is 19.5. The van der Waals surface area contributed by atoms with E-state index in [1.165, 1.54) is 5.56 Å². The molecule has 2 aromatic carbocycles. The molecule has 3 aromatic rings. The second-order valence-corrected chi connectivity index (χ2v) is 10.3. The SMILES string of the molecule is CCCN(CCC)S(=O)(=O)c1ccc2[nH]cc(/C=N\NC(=S)Nc3ccc(C)cc3C)c2c1. The Labute approximate surface area is 201 Å². The predicted molar refractivity (Wildman–Crippen MR) is 141 cm³/mol. The van der Waals surface area contributed by atoms with Gasteiger partial charge in [0.15, 0.2) is 5.11 Å². The Morgan fingerprint density at radius 2 is 1.85 bits per heavy atom. The first-order valence-electron chi connectivity index (χ1n) is 11.0. The normalized spacial score (nSPS) is 12.0. The number of fused-ring (bicyclic) bond motifs is 1. The van der Waals surface area contributed by atoms with E-state index in [9.17, 15) is 8.42 Å². The van der Waals surface area contributed by atoms with Crippen molar-refractivity contribution in [2.45, 2.75) is 45.4 Å². The van der Waals surface area contributed by atoms with Crippen LogP contribution in [0, 0.1) is 13.8 Å². The summed E-state index contributed by atoms with van der Waals surface area (Å²) in [4.78, 5) is 3.44. The number of anilines is 1. The Hall–Kier alpha value is -2.75. The first-order valence-corrected chi connectivity index (χ1v) is 12.9. The van der Waals surface area contributed by atoms with Crippen molar-refractivity contribution in [2.24, 2.45) is 5.10 Å². The van der Waals surface area contributed by atoms with Crippen LogP contribution >= 0.6 is 12.2 Å². The van der Waals surface area contributed by atoms with Gasteiger partial charge in [-0.25, -0.2) is 8.42 Å². The van der Waals surface area contributed by atoms with Crippen molar-refractivity contribution in [3.63, 3.8) is 0 Å². The molecule has 0 spiro atoms. The lowest BCUT2D eigenvalue weighted by atomic mass is 10.1. The van der Waals surface area contributed by atoms with Gasteiger partial charge in [-0.05, 0) is 68.7 Å². The van der Waals surface area contributed by atoms with E-state index >= 15 is 0 Å². The Kier molecular flexibility index (Phi) is 8.23. The van der Waals surface area contributed by atoms with Crippen LogP contribution in [0.25, 0.3) is 10.9 Å². The molecule has 176 valence electrons. The number of benzene rings is 2. The molecule has 0 bridgehead atoms. The van der Waals surface area contributed by atoms with Crippen LogP contribution in [-0.4, -0.2) is 42.1 Å². The van der Waals surface area contributed by atoms with Gasteiger partial charge in [-0.1, -0.05) is 31.5 Å². The highest BCUT2D eigenvalue weighted by Crippen LogP contribution is 2.24. The number of hydrogen-bond donors (Lipinski definition) is 3. The van der Waals surface area contributed by atoms with E-state index in [1.54, 1.807) is 34.9 Å². The molecule has 0 fully saturated rings. The lowest BCUT2D eigenvalue weighted by Crippen LogP contribution is -2.32. The van der Waals surface area contributed by atoms with Crippen molar-refractivity contribution in [3.8, 4) is 0 Å². The standard InChI is InChI=1S/C24H31N5O2S2/c1-5-11-29(12-6-2)33(30,31)20-8-10-23-21(14-20)19(15-25-23)16-26-28-24(32)27-22-9-7-17(3)13-18(22)4/h7-10,13-16,25H,5-6,11-12H2,1-4H3,(H2,27,28,32)/b26-16-. The molecular weight excluding hydrogens is 454 g/mol. The summed E-state index contributed by atoms with van der Waals surface area (Å²) >= 11 is 5.34. The molecule has 3 rings (SSSR count). The summed E-state index contributed by atoms with van der Waals surface area (Å²) in [5, 5.41) is 8.52. The van der Waals surface area contributed by atoms with E-state index < -0.39 is 10.0 Å². The van der Waals surface area contributed by atoms with Crippen molar-refractivity contribution >= 4 is 50.2 Å². The zero-order valence-corrected chi connectivity index (χ0v) is 21.1. The molecule has 1 heterocycles. The zero-order chi connectivity index (χ0) is 24.0. The Morgan fingerprint density at radius 3 is 2.52 bits per heavy atom. The van der Waals surface area contributed by atoms with E-state index in [0.717, 1.165) is 40.6 Å². The average Bonchev–Trinajstić information content (AvgIpc) is 3.18. The second kappa shape index (κ2) is 10.9. The van der Waals surface area contributed by atoms with Crippen LogP contribution in [0.15, 0.2) is 52.6 Å². The number of thiocarbonyl (C=S) groups is 1. The van der Waals surface area contributed by atoms with Crippen molar-refractivity contribution in [2.75, 3.05) is 18.4 Å². The van der Waals surface area contributed by atoms with Crippen LogP contribution in [0.1, 0.15) is 43.4 Å². The van der Waals surface area contributed by atoms with Gasteiger partial charge >= 0.3 is 0 Å². The monoisotopic (exact) mass is 485 g/mol. The first kappa shape index (κ1) is 24.9. The van der Waals surface area contributed by atoms with E-state index in [0.29, 0.717) is 18.2 Å². The van der Waals surface area contributed by atoms with Crippen molar-refractivity contribution in [3.05, 3.63) is 59.3 Å². The number of aromatic amines is 1. The third kappa shape index (κ3) is 5.98. The van der Waals surface area contributed by atoms with E-state index in [1.807, 2.05) is 39.8 Å². The minimum absolute atomic E-state index is 0.283. The van der Waals surface area contributed by atoms with Gasteiger partial charge in [-0.15, -0.1) is 0 Å². The largest absolute Gasteiger partial charge is 0.361 e. The molecule has 3 N–H and O–H groups in total. The van der Waals surface area contributed by atoms with Crippen LogP contribution < -0.4 is 10.7 Å². The van der Waals surface area contributed by atoms with Crippen LogP contribution in [0.3, 0.4) is 0 Å². The number of nitrogens with one attached hydrogen (secondary N) is 3. The fraction of sp³-hybridized carbons (Fsp3) is 0.333. The lowest BCUT2D eigenvalue weighted by molar-refractivity contribution is 0.410. The number of hydrogen-bond acceptors (Lipinski definition) is 4. The minimum Gasteiger partial charge on any atom is -0.361 e. The molecule has 0 saturated carbocycles. The summed E-state index contributed by atoms with van der Waals surface area (Å²) in [5.74, 6) is 0. The van der Waals surface area contributed by atoms with E-state index in [-0.39, 0.29) is 4.90 Å². The smallest absolute Gasteiger partial charge is 0.243 e. The van der Waals surface area contributed by atoms with Crippen LogP contribution in [0.5, 0.6) is 0 Å². The third-order valence-electron chi connectivity index (χ3n) is 5.27. The number of rotatable bonds is 9. The molecule has 0 aliphatic rings. The molecule has 0 aliphatic heterocycles. The number of aryl methyl sites for hydroxylation is 2. The molecule has 0 atom stereocenters. The minimum atomic E-state index is -3.56. The van der Waals surface area contributed by atoms with Gasteiger partial charge in [0, 0.05) is 41.4 Å². The molecule has 33 heavy (non-hydrogen) atoms. The summed E-state index contributed by atoms with van der Waals surface area (Å²) in [7, 11) is -3.56. The van der Waals surface area contributed by atoms with Crippen LogP contribution in [-0.2, 0) is 10.0 Å². The maximum atomic E-state index is 13.2. The Bertz CT molecular complexity index is 1260. The Balaban J connectivity index is 1.77. The highest BCUT2D eigenvalue weighted by atomic mass is 32.2. The molecule has 7 nitrogen and oxygen atoms in total. The average molecular weight is 486 g/mol. The maximum absolute atomic E-state index is 13.2. The highest BCUT2D eigenvalue weighted by molar-refractivity contribution is 7.89.